The van der Waals surface area contributed by atoms with Crippen LogP contribution in [-0.2, 0) is 4.84 Å². The number of benzene rings is 1. The molecule has 32 heavy (non-hydrogen) atoms. The van der Waals surface area contributed by atoms with Gasteiger partial charge in [-0.2, -0.15) is 15.0 Å². The maximum atomic E-state index is 12.2. The number of hydrogen-bond acceptors (Lipinski definition) is 9. The van der Waals surface area contributed by atoms with Crippen molar-refractivity contribution in [2.24, 2.45) is 5.41 Å². The Morgan fingerprint density at radius 3 is 2.59 bits per heavy atom. The number of anilines is 4. The molecule has 10 heteroatoms. The summed E-state index contributed by atoms with van der Waals surface area (Å²) in [5.41, 5.74) is 4.62. The van der Waals surface area contributed by atoms with Crippen molar-refractivity contribution in [3.05, 3.63) is 29.3 Å². The van der Waals surface area contributed by atoms with Crippen molar-refractivity contribution in [2.45, 2.75) is 27.7 Å². The van der Waals surface area contributed by atoms with Crippen LogP contribution >= 0.6 is 0 Å². The van der Waals surface area contributed by atoms with Gasteiger partial charge in [0.2, 0.25) is 17.8 Å². The Hall–Kier alpha value is -2.98. The number of amides is 1. The van der Waals surface area contributed by atoms with E-state index in [4.69, 9.17) is 14.8 Å². The van der Waals surface area contributed by atoms with Gasteiger partial charge in [-0.15, -0.1) is 0 Å². The van der Waals surface area contributed by atoms with E-state index in [-0.39, 0.29) is 11.3 Å². The molecule has 0 bridgehead atoms. The van der Waals surface area contributed by atoms with Gasteiger partial charge in [0.05, 0.1) is 7.11 Å². The number of piperazine rings is 1. The summed E-state index contributed by atoms with van der Waals surface area (Å²) >= 11 is 0. The second-order valence-corrected chi connectivity index (χ2v) is 9.20. The minimum atomic E-state index is -0.321. The lowest BCUT2D eigenvalue weighted by atomic mass is 9.96. The molecule has 0 aliphatic carbocycles. The third kappa shape index (κ3) is 6.27. The van der Waals surface area contributed by atoms with Crippen molar-refractivity contribution >= 4 is 29.4 Å². The Labute approximate surface area is 189 Å². The number of hydrogen-bond donors (Lipinski definition) is 3. The van der Waals surface area contributed by atoms with Crippen LogP contribution < -0.4 is 25.9 Å². The van der Waals surface area contributed by atoms with Gasteiger partial charge in [-0.25, -0.2) is 5.48 Å². The van der Waals surface area contributed by atoms with E-state index in [0.29, 0.717) is 23.4 Å². The number of nitrogens with zero attached hydrogens (tertiary/aromatic N) is 5. The largest absolute Gasteiger partial charge is 0.343 e. The highest BCUT2D eigenvalue weighted by Crippen LogP contribution is 2.24. The molecular formula is C22H34N8O2. The SMILES string of the molecule is CONC(=O)c1ccc(C)c(Nc2nc(N(C)CC(C)(C)C)nc(N3CCNCC3)n2)c1. The molecule has 1 aromatic carbocycles. The van der Waals surface area contributed by atoms with E-state index in [9.17, 15) is 4.79 Å². The summed E-state index contributed by atoms with van der Waals surface area (Å²) in [6.45, 7) is 12.7. The predicted molar refractivity (Wildman–Crippen MR) is 127 cm³/mol. The van der Waals surface area contributed by atoms with Crippen LogP contribution in [-0.4, -0.2) is 67.7 Å². The Balaban J connectivity index is 1.95. The van der Waals surface area contributed by atoms with Crippen LogP contribution in [0.15, 0.2) is 18.2 Å². The van der Waals surface area contributed by atoms with E-state index in [2.05, 4.69) is 46.8 Å². The lowest BCUT2D eigenvalue weighted by molar-refractivity contribution is 0.0537. The van der Waals surface area contributed by atoms with Gasteiger partial charge in [-0.1, -0.05) is 26.8 Å². The minimum absolute atomic E-state index is 0.0871. The smallest absolute Gasteiger partial charge is 0.274 e. The summed E-state index contributed by atoms with van der Waals surface area (Å²) in [7, 11) is 3.40. The van der Waals surface area contributed by atoms with Crippen LogP contribution in [0.3, 0.4) is 0 Å². The molecule has 2 aromatic rings. The molecule has 0 saturated carbocycles. The molecule has 1 fully saturated rings. The van der Waals surface area contributed by atoms with Gasteiger partial charge in [0.1, 0.15) is 0 Å². The fraction of sp³-hybridized carbons (Fsp3) is 0.545. The summed E-state index contributed by atoms with van der Waals surface area (Å²) in [5.74, 6) is 1.37. The molecule has 2 heterocycles. The minimum Gasteiger partial charge on any atom is -0.343 e. The maximum absolute atomic E-state index is 12.2. The number of nitrogens with one attached hydrogen (secondary N) is 3. The number of carbonyl (C=O) groups is 1. The highest BCUT2D eigenvalue weighted by Gasteiger charge is 2.21. The summed E-state index contributed by atoms with van der Waals surface area (Å²) in [6, 6.07) is 5.38. The first-order valence-electron chi connectivity index (χ1n) is 10.8. The van der Waals surface area contributed by atoms with Gasteiger partial charge in [-0.3, -0.25) is 9.63 Å². The van der Waals surface area contributed by atoms with Crippen LogP contribution in [0.2, 0.25) is 0 Å². The Bertz CT molecular complexity index is 938. The van der Waals surface area contributed by atoms with Gasteiger partial charge in [0.15, 0.2) is 0 Å². The predicted octanol–water partition coefficient (Wildman–Crippen LogP) is 2.11. The third-order valence-corrected chi connectivity index (χ3v) is 5.01. The maximum Gasteiger partial charge on any atom is 0.274 e. The molecule has 1 amide bonds. The zero-order valence-corrected chi connectivity index (χ0v) is 19.8. The topological polar surface area (TPSA) is 108 Å². The van der Waals surface area contributed by atoms with Crippen molar-refractivity contribution in [3.8, 4) is 0 Å². The molecular weight excluding hydrogens is 408 g/mol. The summed E-state index contributed by atoms with van der Waals surface area (Å²) in [5, 5.41) is 6.65. The lowest BCUT2D eigenvalue weighted by Crippen LogP contribution is -2.44. The van der Waals surface area contributed by atoms with Crippen molar-refractivity contribution in [3.63, 3.8) is 0 Å². The molecule has 0 spiro atoms. The molecule has 0 radical (unpaired) electrons. The normalized spacial score (nSPS) is 14.2. The Kier molecular flexibility index (Phi) is 7.47. The standard InChI is InChI=1S/C22H34N8O2/c1-15-7-8-16(18(31)28-32-6)13-17(15)24-19-25-20(29(5)14-22(2,3)4)27-21(26-19)30-11-9-23-10-12-30/h7-8,13,23H,9-12,14H2,1-6H3,(H,28,31)(H,24,25,26,27). The van der Waals surface area contributed by atoms with E-state index in [0.717, 1.165) is 44.0 Å². The summed E-state index contributed by atoms with van der Waals surface area (Å²) < 4.78 is 0. The zero-order valence-electron chi connectivity index (χ0n) is 19.8. The quantitative estimate of drug-likeness (QED) is 0.556. The van der Waals surface area contributed by atoms with E-state index < -0.39 is 0 Å². The summed E-state index contributed by atoms with van der Waals surface area (Å²) in [4.78, 5) is 35.3. The first-order valence-corrected chi connectivity index (χ1v) is 10.8. The van der Waals surface area contributed by atoms with Gasteiger partial charge >= 0.3 is 0 Å². The van der Waals surface area contributed by atoms with Crippen LogP contribution in [0.25, 0.3) is 0 Å². The number of aryl methyl sites for hydroxylation is 1. The second-order valence-electron chi connectivity index (χ2n) is 9.20. The number of aromatic nitrogens is 3. The molecule has 0 unspecified atom stereocenters. The van der Waals surface area contributed by atoms with Crippen molar-refractivity contribution in [1.29, 1.82) is 0 Å². The number of hydroxylamine groups is 1. The van der Waals surface area contributed by atoms with Gasteiger partial charge in [0.25, 0.3) is 5.91 Å². The molecule has 1 aromatic heterocycles. The molecule has 3 rings (SSSR count). The Morgan fingerprint density at radius 1 is 1.22 bits per heavy atom. The van der Waals surface area contributed by atoms with Crippen LogP contribution in [0, 0.1) is 12.3 Å². The van der Waals surface area contributed by atoms with E-state index in [1.54, 1.807) is 12.1 Å². The average Bonchev–Trinajstić information content (AvgIpc) is 2.74. The molecule has 10 nitrogen and oxygen atoms in total. The van der Waals surface area contributed by atoms with Crippen molar-refractivity contribution in [2.75, 3.05) is 62.0 Å². The second kappa shape index (κ2) is 10.1. The van der Waals surface area contributed by atoms with Gasteiger partial charge < -0.3 is 20.4 Å². The van der Waals surface area contributed by atoms with E-state index >= 15 is 0 Å². The molecule has 0 atom stereocenters. The van der Waals surface area contributed by atoms with Crippen molar-refractivity contribution in [1.82, 2.24) is 25.7 Å². The third-order valence-electron chi connectivity index (χ3n) is 5.01. The highest BCUT2D eigenvalue weighted by molar-refractivity contribution is 5.94. The zero-order chi connectivity index (χ0) is 23.3. The van der Waals surface area contributed by atoms with Crippen LogP contribution in [0.5, 0.6) is 0 Å². The molecule has 1 aliphatic rings. The lowest BCUT2D eigenvalue weighted by Gasteiger charge is -2.30. The molecule has 3 N–H and O–H groups in total. The monoisotopic (exact) mass is 442 g/mol. The average molecular weight is 443 g/mol. The Morgan fingerprint density at radius 2 is 1.94 bits per heavy atom. The van der Waals surface area contributed by atoms with E-state index in [1.807, 2.05) is 24.9 Å². The molecule has 1 aliphatic heterocycles. The first-order chi connectivity index (χ1) is 15.2. The van der Waals surface area contributed by atoms with Crippen LogP contribution in [0.4, 0.5) is 23.5 Å². The van der Waals surface area contributed by atoms with Crippen molar-refractivity contribution < 1.29 is 9.63 Å². The fourth-order valence-corrected chi connectivity index (χ4v) is 3.54. The number of rotatable bonds is 7. The molecule has 174 valence electrons. The fourth-order valence-electron chi connectivity index (χ4n) is 3.54. The number of carbonyl (C=O) groups excluding carboxylic acids is 1. The first kappa shape index (κ1) is 23.7. The summed E-state index contributed by atoms with van der Waals surface area (Å²) in [6.07, 6.45) is 0. The van der Waals surface area contributed by atoms with Gasteiger partial charge in [0, 0.05) is 51.0 Å². The van der Waals surface area contributed by atoms with Crippen LogP contribution in [0.1, 0.15) is 36.7 Å². The van der Waals surface area contributed by atoms with Gasteiger partial charge in [-0.05, 0) is 30.0 Å². The van der Waals surface area contributed by atoms with E-state index in [1.165, 1.54) is 7.11 Å². The molecule has 1 saturated heterocycles. The highest BCUT2D eigenvalue weighted by atomic mass is 16.6.